The van der Waals surface area contributed by atoms with Crippen LogP contribution < -0.4 is 0 Å². The number of halogens is 11. The van der Waals surface area contributed by atoms with Gasteiger partial charge in [0.05, 0.1) is 0 Å². The summed E-state index contributed by atoms with van der Waals surface area (Å²) in [6.07, 6.45) is 21.1. The Morgan fingerprint density at radius 1 is 0.411 bits per heavy atom. The zero-order valence-corrected chi connectivity index (χ0v) is 49.7. The second-order valence-corrected chi connectivity index (χ2v) is 52.7. The molecule has 3 atom stereocenters. The Kier molecular flexibility index (Phi) is 43.2. The second-order valence-electron chi connectivity index (χ2n) is 14.0. The van der Waals surface area contributed by atoms with E-state index in [1.165, 1.54) is 77.0 Å². The maximum absolute atomic E-state index is 6.06. The van der Waals surface area contributed by atoms with Crippen molar-refractivity contribution < 1.29 is 26.6 Å². The molecule has 6 nitrogen and oxygen atoms in total. The molecule has 0 saturated heterocycles. The van der Waals surface area contributed by atoms with Crippen LogP contribution in [0.1, 0.15) is 136 Å². The molecule has 23 heteroatoms. The summed E-state index contributed by atoms with van der Waals surface area (Å²) in [5.41, 5.74) is 0.341. The number of unbranched alkanes of at least 4 members (excludes halogenated alkanes) is 12. The average molecular weight is 1120 g/mol. The van der Waals surface area contributed by atoms with Crippen LogP contribution in [-0.2, 0) is 26.6 Å². The highest BCUT2D eigenvalue weighted by atomic mass is 35.9. The van der Waals surface area contributed by atoms with Crippen LogP contribution in [0.4, 0.5) is 0 Å². The van der Waals surface area contributed by atoms with Crippen molar-refractivity contribution in [3.63, 3.8) is 0 Å². The van der Waals surface area contributed by atoms with Crippen molar-refractivity contribution in [1.82, 2.24) is 0 Å². The largest absolute Gasteiger partial charge is 0.503 e. The van der Waals surface area contributed by atoms with Crippen molar-refractivity contribution in [3.8, 4) is 0 Å². The Morgan fingerprint density at radius 2 is 0.750 bits per heavy atom. The van der Waals surface area contributed by atoms with Crippen LogP contribution in [0.15, 0.2) is 0 Å². The van der Waals surface area contributed by atoms with Gasteiger partial charge in [-0.3, -0.25) is 0 Å². The number of hydrogen-bond donors (Lipinski definition) is 0. The van der Waals surface area contributed by atoms with Gasteiger partial charge in [-0.05, 0) is 36.0 Å². The van der Waals surface area contributed by atoms with E-state index in [1.807, 2.05) is 0 Å². The molecule has 0 aromatic rings. The minimum atomic E-state index is -2.78. The molecule has 0 amide bonds. The lowest BCUT2D eigenvalue weighted by molar-refractivity contribution is 0.0957. The summed E-state index contributed by atoms with van der Waals surface area (Å²) in [5.74, 6) is 0. The van der Waals surface area contributed by atoms with Gasteiger partial charge in [-0.2, -0.15) is 22.2 Å². The third-order valence-electron chi connectivity index (χ3n) is 9.56. The molecule has 0 fully saturated rings. The second kappa shape index (κ2) is 37.5. The quantitative estimate of drug-likeness (QED) is 0.0371. The summed E-state index contributed by atoms with van der Waals surface area (Å²) in [7, 11) is 2.63. The van der Waals surface area contributed by atoms with E-state index >= 15 is 0 Å². The molecule has 3 unspecified atom stereocenters. The topological polar surface area (TPSA) is 55.4 Å². The Bertz CT molecular complexity index is 874. The SMILES string of the molecule is CCCCCCCC(C[Si](Cl)(Cl)Cl)[SiH](Cl)Cl.CCCCCCCC(C[Si](Cl)(Cl)Cl)[Si](Cl)(Cl)Cl.CCCCCCCC(C[Si](OC)(OC)OC)[Si](OC)(OC)OC. The third-order valence-corrected chi connectivity index (χ3v) is 29.2. The predicted molar refractivity (Wildman–Crippen MR) is 268 cm³/mol. The van der Waals surface area contributed by atoms with Gasteiger partial charge in [0, 0.05) is 54.2 Å². The van der Waals surface area contributed by atoms with Gasteiger partial charge in [0.15, 0.2) is 0 Å². The van der Waals surface area contributed by atoms with Crippen LogP contribution in [0.3, 0.4) is 0 Å². The molecule has 0 saturated carbocycles. The Hall–Kier alpha value is 4.25. The van der Waals surface area contributed by atoms with Crippen LogP contribution >= 0.6 is 122 Å². The Balaban J connectivity index is -0.000000770. The maximum atomic E-state index is 6.06. The Morgan fingerprint density at radius 3 is 1.04 bits per heavy atom. The molecule has 0 aliphatic carbocycles. The van der Waals surface area contributed by atoms with Gasteiger partial charge in [0.2, 0.25) is 7.42 Å². The van der Waals surface area contributed by atoms with E-state index in [1.54, 1.807) is 42.7 Å². The molecule has 0 aromatic carbocycles. The fourth-order valence-electron chi connectivity index (χ4n) is 6.23. The fourth-order valence-corrected chi connectivity index (χ4v) is 29.4. The molecule has 0 N–H and O–H groups in total. The molecule has 0 aromatic heterocycles. The highest BCUT2D eigenvalue weighted by Gasteiger charge is 2.53. The molecule has 0 radical (unpaired) electrons. The number of hydrogen-bond acceptors (Lipinski definition) is 6. The lowest BCUT2D eigenvalue weighted by atomic mass is 10.1. The normalized spacial score (nSPS) is 14.5. The summed E-state index contributed by atoms with van der Waals surface area (Å²) < 4.78 is 33.9. The lowest BCUT2D eigenvalue weighted by Gasteiger charge is -2.36. The van der Waals surface area contributed by atoms with E-state index < -0.39 is 43.0 Å². The summed E-state index contributed by atoms with van der Waals surface area (Å²) in [4.78, 5) is 0. The minimum Gasteiger partial charge on any atom is -0.377 e. The van der Waals surface area contributed by atoms with Crippen molar-refractivity contribution in [3.05, 3.63) is 0 Å². The van der Waals surface area contributed by atoms with Gasteiger partial charge >= 0.3 is 35.6 Å². The molecule has 0 spiro atoms. The average Bonchev–Trinajstić information content (AvgIpc) is 3.12. The zero-order valence-electron chi connectivity index (χ0n) is 35.3. The molecule has 0 heterocycles. The van der Waals surface area contributed by atoms with Crippen molar-refractivity contribution in [2.24, 2.45) is 0 Å². The summed E-state index contributed by atoms with van der Waals surface area (Å²) in [5, 5.41) is 0. The van der Waals surface area contributed by atoms with Crippen LogP contribution in [0.5, 0.6) is 0 Å². The first-order valence-corrected chi connectivity index (χ1v) is 43.3. The zero-order chi connectivity index (χ0) is 43.9. The molecular weight excluding hydrogens is 1050 g/mol. The predicted octanol–water partition coefficient (Wildman–Crippen LogP) is 16.6. The third kappa shape index (κ3) is 34.6. The molecule has 56 heavy (non-hydrogen) atoms. The maximum Gasteiger partial charge on any atom is 0.503 e. The minimum absolute atomic E-state index is 0.0201. The summed E-state index contributed by atoms with van der Waals surface area (Å²) in [6, 6.07) is -6.33. The van der Waals surface area contributed by atoms with Crippen LogP contribution in [0.2, 0.25) is 34.8 Å². The van der Waals surface area contributed by atoms with Crippen molar-refractivity contribution in [2.45, 2.75) is 171 Å². The van der Waals surface area contributed by atoms with E-state index in [4.69, 9.17) is 148 Å². The van der Waals surface area contributed by atoms with Gasteiger partial charge in [0.1, 0.15) is 0 Å². The molecular formula is C33H73Cl11O6Si6. The van der Waals surface area contributed by atoms with Crippen molar-refractivity contribution in [2.75, 3.05) is 42.7 Å². The highest BCUT2D eigenvalue weighted by molar-refractivity contribution is 7.67. The molecule has 342 valence electrons. The molecule has 0 rings (SSSR count). The van der Waals surface area contributed by atoms with Gasteiger partial charge < -0.3 is 26.6 Å². The fraction of sp³-hybridized carbons (Fsp3) is 1.00. The monoisotopic (exact) mass is 1120 g/mol. The van der Waals surface area contributed by atoms with E-state index in [-0.39, 0.29) is 16.6 Å². The van der Waals surface area contributed by atoms with Gasteiger partial charge in [-0.15, -0.1) is 99.7 Å². The number of rotatable bonds is 33. The summed E-state index contributed by atoms with van der Waals surface area (Å²) in [6.45, 7) is 6.61. The van der Waals surface area contributed by atoms with E-state index in [0.717, 1.165) is 38.5 Å². The first kappa shape index (κ1) is 64.5. The van der Waals surface area contributed by atoms with E-state index in [9.17, 15) is 0 Å². The molecule has 0 aliphatic rings. The molecule has 0 bridgehead atoms. The molecule has 0 aliphatic heterocycles. The standard InChI is InChI=1S/C15H36O6Si2.C9H18Cl6Si2.C9H19Cl5Si2/c1-8-9-10-11-12-13-15(23(19-5,20-6)21-7)14-22(16-2,17-3)18-4;1-2-3-4-5-6-7-9(17(13,14)15)8-16(10,11)12;1-2-3-4-5-6-7-9(15(10)11)8-16(12,13)14/h15H,8-14H2,1-7H3;9H,2-8H2,1H3;9,15H,2-8H2,1H3. The van der Waals surface area contributed by atoms with Gasteiger partial charge in [-0.1, -0.05) is 124 Å². The lowest BCUT2D eigenvalue weighted by Crippen LogP contribution is -2.53. The van der Waals surface area contributed by atoms with Gasteiger partial charge in [-0.25, -0.2) is 0 Å². The van der Waals surface area contributed by atoms with E-state index in [2.05, 4.69) is 20.8 Å². The van der Waals surface area contributed by atoms with E-state index in [0.29, 0.717) is 18.1 Å². The Labute approximate surface area is 401 Å². The highest BCUT2D eigenvalue weighted by Crippen LogP contribution is 2.46. The van der Waals surface area contributed by atoms with Crippen LogP contribution in [0, 0.1) is 0 Å². The van der Waals surface area contributed by atoms with Crippen LogP contribution in [-0.4, -0.2) is 85.7 Å². The van der Waals surface area contributed by atoms with Crippen LogP contribution in [0.25, 0.3) is 0 Å². The van der Waals surface area contributed by atoms with Gasteiger partial charge in [0.25, 0.3) is 0 Å². The smallest absolute Gasteiger partial charge is 0.377 e. The first-order chi connectivity index (χ1) is 26.1. The van der Waals surface area contributed by atoms with Crippen molar-refractivity contribution >= 4 is 165 Å². The summed E-state index contributed by atoms with van der Waals surface area (Å²) >= 11 is 65.7. The van der Waals surface area contributed by atoms with Crippen molar-refractivity contribution in [1.29, 1.82) is 0 Å². The first-order valence-electron chi connectivity index (χ1n) is 19.9.